The zero-order valence-electron chi connectivity index (χ0n) is 16.9. The molecule has 150 valence electrons. The van der Waals surface area contributed by atoms with Crippen LogP contribution in [0.25, 0.3) is 0 Å². The maximum absolute atomic E-state index is 13.4. The van der Waals surface area contributed by atoms with Gasteiger partial charge in [-0.2, -0.15) is 4.98 Å². The van der Waals surface area contributed by atoms with Crippen LogP contribution in [0.5, 0.6) is 5.88 Å². The highest BCUT2D eigenvalue weighted by molar-refractivity contribution is 6.11. The van der Waals surface area contributed by atoms with E-state index in [0.717, 1.165) is 16.8 Å². The third-order valence-corrected chi connectivity index (χ3v) is 5.61. The predicted molar refractivity (Wildman–Crippen MR) is 112 cm³/mol. The summed E-state index contributed by atoms with van der Waals surface area (Å²) in [5.74, 6) is 0.546. The quantitative estimate of drug-likeness (QED) is 0.660. The van der Waals surface area contributed by atoms with Gasteiger partial charge in [-0.05, 0) is 49.2 Å². The maximum atomic E-state index is 13.4. The molecule has 2 aromatic heterocycles. The largest absolute Gasteiger partial charge is 0.463 e. The topological polar surface area (TPSA) is 75.6 Å². The number of aromatic nitrogens is 2. The van der Waals surface area contributed by atoms with Crippen molar-refractivity contribution in [2.45, 2.75) is 26.0 Å². The summed E-state index contributed by atoms with van der Waals surface area (Å²) < 4.78 is 5.73. The lowest BCUT2D eigenvalue weighted by Crippen LogP contribution is -2.42. The van der Waals surface area contributed by atoms with E-state index < -0.39 is 6.10 Å². The molecule has 4 heterocycles. The van der Waals surface area contributed by atoms with Crippen LogP contribution in [-0.2, 0) is 4.79 Å². The first-order chi connectivity index (χ1) is 14.5. The van der Waals surface area contributed by atoms with Gasteiger partial charge in [0.25, 0.3) is 11.8 Å². The Morgan fingerprint density at radius 3 is 2.60 bits per heavy atom. The van der Waals surface area contributed by atoms with Crippen LogP contribution in [0.4, 0.5) is 11.5 Å². The van der Waals surface area contributed by atoms with Crippen molar-refractivity contribution in [1.29, 1.82) is 0 Å². The zero-order valence-corrected chi connectivity index (χ0v) is 16.9. The minimum atomic E-state index is -0.631. The van der Waals surface area contributed by atoms with Crippen LogP contribution >= 0.6 is 0 Å². The van der Waals surface area contributed by atoms with Gasteiger partial charge in [-0.3, -0.25) is 19.5 Å². The van der Waals surface area contributed by atoms with Gasteiger partial charge >= 0.3 is 0 Å². The van der Waals surface area contributed by atoms with Crippen LogP contribution < -0.4 is 14.5 Å². The molecule has 5 rings (SSSR count). The maximum Gasteiger partial charge on any atom is 0.267 e. The molecular formula is C23H20N4O3. The molecule has 0 bridgehead atoms. The number of amides is 2. The van der Waals surface area contributed by atoms with Crippen LogP contribution in [0, 0.1) is 6.92 Å². The molecule has 0 radical (unpaired) electrons. The number of rotatable bonds is 2. The molecule has 3 aromatic rings. The van der Waals surface area contributed by atoms with Crippen LogP contribution in [-0.4, -0.2) is 34.9 Å². The third-order valence-electron chi connectivity index (χ3n) is 5.61. The van der Waals surface area contributed by atoms with Gasteiger partial charge in [0, 0.05) is 24.5 Å². The molecule has 7 nitrogen and oxygen atoms in total. The minimum absolute atomic E-state index is 0.128. The monoisotopic (exact) mass is 400 g/mol. The summed E-state index contributed by atoms with van der Waals surface area (Å²) in [6.45, 7) is 3.62. The number of carbonyl (C=O) groups is 2. The highest BCUT2D eigenvalue weighted by atomic mass is 16.5. The van der Waals surface area contributed by atoms with Crippen molar-refractivity contribution in [1.82, 2.24) is 9.97 Å². The molecule has 0 fully saturated rings. The lowest BCUT2D eigenvalue weighted by atomic mass is 9.99. The van der Waals surface area contributed by atoms with E-state index in [-0.39, 0.29) is 17.9 Å². The van der Waals surface area contributed by atoms with Gasteiger partial charge in [0.2, 0.25) is 5.88 Å². The van der Waals surface area contributed by atoms with E-state index in [1.165, 1.54) is 4.90 Å². The fraction of sp³-hybridized carbons (Fsp3) is 0.217. The second-order valence-electron chi connectivity index (χ2n) is 7.55. The van der Waals surface area contributed by atoms with E-state index in [4.69, 9.17) is 4.74 Å². The first-order valence-corrected chi connectivity index (χ1v) is 9.76. The normalized spacial score (nSPS) is 20.1. The average Bonchev–Trinajstić information content (AvgIpc) is 3.05. The molecule has 1 unspecified atom stereocenters. The second kappa shape index (κ2) is 6.66. The van der Waals surface area contributed by atoms with Crippen LogP contribution in [0.3, 0.4) is 0 Å². The van der Waals surface area contributed by atoms with E-state index >= 15 is 0 Å². The fourth-order valence-corrected chi connectivity index (χ4v) is 4.03. The molecule has 0 saturated carbocycles. The summed E-state index contributed by atoms with van der Waals surface area (Å²) in [7, 11) is 1.69. The molecule has 0 aliphatic carbocycles. The van der Waals surface area contributed by atoms with E-state index in [1.54, 1.807) is 37.2 Å². The first kappa shape index (κ1) is 18.3. The Kier molecular flexibility index (Phi) is 4.06. The number of likely N-dealkylation sites (N-methyl/N-ethyl adjacent to an activating group) is 1. The number of benzene rings is 1. The summed E-state index contributed by atoms with van der Waals surface area (Å²) in [4.78, 5) is 37.8. The van der Waals surface area contributed by atoms with Gasteiger partial charge < -0.3 is 9.64 Å². The van der Waals surface area contributed by atoms with Gasteiger partial charge in [-0.25, -0.2) is 0 Å². The number of fused-ring (bicyclic) bond motifs is 2. The Morgan fingerprint density at radius 2 is 1.83 bits per heavy atom. The molecule has 2 aliphatic rings. The summed E-state index contributed by atoms with van der Waals surface area (Å²) in [5, 5.41) is 0. The fourth-order valence-electron chi connectivity index (χ4n) is 4.03. The van der Waals surface area contributed by atoms with E-state index in [1.807, 2.05) is 43.3 Å². The van der Waals surface area contributed by atoms with E-state index in [9.17, 15) is 9.59 Å². The first-order valence-electron chi connectivity index (χ1n) is 9.76. The molecule has 2 amide bonds. The summed E-state index contributed by atoms with van der Waals surface area (Å²) in [5.41, 5.74) is 3.95. The van der Waals surface area contributed by atoms with E-state index in [0.29, 0.717) is 22.9 Å². The average molecular weight is 400 g/mol. The Labute approximate surface area is 173 Å². The molecule has 7 heteroatoms. The standard InChI is InChI=1S/C23H20N4O3/c1-13-8-9-15(12-24-13)20-16-6-4-5-7-17(16)23(29)27(20)19-11-10-18-21(25-19)30-14(2)22(28)26(18)3/h4-12,14,20H,1-3H3/t14-,20?/m1/s1. The molecule has 2 atom stereocenters. The van der Waals surface area contributed by atoms with Crippen molar-refractivity contribution in [3.05, 3.63) is 77.1 Å². The van der Waals surface area contributed by atoms with Crippen molar-refractivity contribution in [2.75, 3.05) is 16.8 Å². The van der Waals surface area contributed by atoms with E-state index in [2.05, 4.69) is 9.97 Å². The highest BCUT2D eigenvalue weighted by Gasteiger charge is 2.40. The van der Waals surface area contributed by atoms with Crippen LogP contribution in [0.1, 0.15) is 40.1 Å². The van der Waals surface area contributed by atoms with Crippen LogP contribution in [0.15, 0.2) is 54.7 Å². The summed E-state index contributed by atoms with van der Waals surface area (Å²) in [6, 6.07) is 14.7. The summed E-state index contributed by atoms with van der Waals surface area (Å²) >= 11 is 0. The molecule has 2 aliphatic heterocycles. The molecule has 0 N–H and O–H groups in total. The van der Waals surface area contributed by atoms with Crippen molar-refractivity contribution < 1.29 is 14.3 Å². The molecule has 0 saturated heterocycles. The third kappa shape index (κ3) is 2.66. The molecule has 1 aromatic carbocycles. The van der Waals surface area contributed by atoms with Crippen molar-refractivity contribution in [3.63, 3.8) is 0 Å². The number of pyridine rings is 2. The lowest BCUT2D eigenvalue weighted by Gasteiger charge is -2.31. The molecule has 30 heavy (non-hydrogen) atoms. The number of hydrogen-bond donors (Lipinski definition) is 0. The van der Waals surface area contributed by atoms with Gasteiger partial charge in [-0.1, -0.05) is 24.3 Å². The minimum Gasteiger partial charge on any atom is -0.463 e. The second-order valence-corrected chi connectivity index (χ2v) is 7.55. The molecular weight excluding hydrogens is 380 g/mol. The summed E-state index contributed by atoms with van der Waals surface area (Å²) in [6.07, 6.45) is 1.17. The number of ether oxygens (including phenoxy) is 1. The Balaban J connectivity index is 1.64. The van der Waals surface area contributed by atoms with Gasteiger partial charge in [-0.15, -0.1) is 0 Å². The van der Waals surface area contributed by atoms with Crippen molar-refractivity contribution in [2.24, 2.45) is 0 Å². The SMILES string of the molecule is Cc1ccc(C2c3ccccc3C(=O)N2c2ccc3c(n2)O[C@H](C)C(=O)N3C)cn1. The van der Waals surface area contributed by atoms with Crippen LogP contribution in [0.2, 0.25) is 0 Å². The number of carbonyl (C=O) groups excluding carboxylic acids is 2. The Bertz CT molecular complexity index is 1180. The number of nitrogens with zero attached hydrogens (tertiary/aromatic N) is 4. The number of hydrogen-bond acceptors (Lipinski definition) is 5. The molecule has 0 spiro atoms. The van der Waals surface area contributed by atoms with Gasteiger partial charge in [0.05, 0.1) is 6.04 Å². The van der Waals surface area contributed by atoms with Crippen molar-refractivity contribution >= 4 is 23.3 Å². The Hall–Kier alpha value is -3.74. The van der Waals surface area contributed by atoms with Gasteiger partial charge in [0.15, 0.2) is 6.10 Å². The highest BCUT2D eigenvalue weighted by Crippen LogP contribution is 2.42. The zero-order chi connectivity index (χ0) is 21.0. The smallest absolute Gasteiger partial charge is 0.267 e. The lowest BCUT2D eigenvalue weighted by molar-refractivity contribution is -0.125. The van der Waals surface area contributed by atoms with Gasteiger partial charge in [0.1, 0.15) is 11.5 Å². The predicted octanol–water partition coefficient (Wildman–Crippen LogP) is 3.28. The van der Waals surface area contributed by atoms with Crippen molar-refractivity contribution in [3.8, 4) is 5.88 Å². The number of aryl methyl sites for hydroxylation is 1. The Morgan fingerprint density at radius 1 is 1.03 bits per heavy atom. The number of anilines is 2.